The molecule has 136 valence electrons. The van der Waals surface area contributed by atoms with Gasteiger partial charge in [-0.2, -0.15) is 0 Å². The third-order valence-electron chi connectivity index (χ3n) is 4.38. The monoisotopic (exact) mass is 369 g/mol. The molecule has 0 spiro atoms. The van der Waals surface area contributed by atoms with Crippen molar-refractivity contribution in [3.63, 3.8) is 0 Å². The van der Waals surface area contributed by atoms with Crippen LogP contribution in [0.5, 0.6) is 0 Å². The average molecular weight is 369 g/mol. The summed E-state index contributed by atoms with van der Waals surface area (Å²) in [5.41, 5.74) is 1.85. The molecule has 6 heteroatoms. The Labute approximate surface area is 156 Å². The molecule has 1 aromatic carbocycles. The summed E-state index contributed by atoms with van der Waals surface area (Å²) in [6, 6.07) is 11.6. The number of aromatic nitrogens is 2. The van der Waals surface area contributed by atoms with Crippen LogP contribution in [-0.4, -0.2) is 15.5 Å². The van der Waals surface area contributed by atoms with Crippen molar-refractivity contribution >= 4 is 28.3 Å². The zero-order valence-corrected chi connectivity index (χ0v) is 15.9. The zero-order valence-electron chi connectivity index (χ0n) is 15.1. The Bertz CT molecular complexity index is 947. The van der Waals surface area contributed by atoms with E-state index < -0.39 is 0 Å². The number of hydrogen-bond acceptors (Lipinski definition) is 4. The first kappa shape index (κ1) is 18.3. The number of thiophene rings is 1. The first-order chi connectivity index (χ1) is 12.6. The number of benzene rings is 1. The van der Waals surface area contributed by atoms with Crippen LogP contribution in [0.25, 0.3) is 11.0 Å². The summed E-state index contributed by atoms with van der Waals surface area (Å²) < 4.78 is 1.65. The Morgan fingerprint density at radius 3 is 2.81 bits per heavy atom. The van der Waals surface area contributed by atoms with Crippen LogP contribution < -0.4 is 10.9 Å². The van der Waals surface area contributed by atoms with Gasteiger partial charge < -0.3 is 9.88 Å². The Kier molecular flexibility index (Phi) is 5.83. The first-order valence-electron chi connectivity index (χ1n) is 8.89. The van der Waals surface area contributed by atoms with Crippen molar-refractivity contribution in [1.82, 2.24) is 14.9 Å². The molecule has 1 N–H and O–H groups in total. The number of carbonyl (C=O) groups excluding carboxylic acids is 1. The minimum Gasteiger partial charge on any atom is -0.348 e. The van der Waals surface area contributed by atoms with Gasteiger partial charge in [0, 0.05) is 17.8 Å². The predicted molar refractivity (Wildman–Crippen MR) is 105 cm³/mol. The van der Waals surface area contributed by atoms with E-state index in [-0.39, 0.29) is 23.9 Å². The summed E-state index contributed by atoms with van der Waals surface area (Å²) in [6.45, 7) is 4.16. The largest absolute Gasteiger partial charge is 0.348 e. The maximum absolute atomic E-state index is 12.5. The van der Waals surface area contributed by atoms with Crippen molar-refractivity contribution < 1.29 is 4.79 Å². The number of carbonyl (C=O) groups is 1. The quantitative estimate of drug-likeness (QED) is 0.689. The zero-order chi connectivity index (χ0) is 18.5. The third-order valence-corrected chi connectivity index (χ3v) is 5.36. The van der Waals surface area contributed by atoms with Crippen LogP contribution in [0, 0.1) is 6.92 Å². The Balaban J connectivity index is 1.74. The fourth-order valence-electron chi connectivity index (χ4n) is 3.09. The molecule has 0 aliphatic heterocycles. The van der Waals surface area contributed by atoms with Crippen molar-refractivity contribution in [2.75, 3.05) is 0 Å². The lowest BCUT2D eigenvalue weighted by atomic mass is 10.1. The van der Waals surface area contributed by atoms with Crippen LogP contribution in [0.1, 0.15) is 42.8 Å². The lowest BCUT2D eigenvalue weighted by Crippen LogP contribution is -2.31. The number of nitrogens with one attached hydrogen (secondary N) is 1. The number of rotatable bonds is 7. The van der Waals surface area contributed by atoms with Gasteiger partial charge in [-0.05, 0) is 36.9 Å². The standard InChI is InChI=1S/C20H23N3O2S/c1-3-7-16(18-10-6-13-26-18)22-19(24)11-12-23-17-9-5-4-8-15(17)21-14(2)20(23)25/h4-6,8-10,13,16H,3,7,11-12H2,1-2H3,(H,22,24). The lowest BCUT2D eigenvalue weighted by Gasteiger charge is -2.17. The highest BCUT2D eigenvalue weighted by Gasteiger charge is 2.15. The van der Waals surface area contributed by atoms with Crippen molar-refractivity contribution in [1.29, 1.82) is 0 Å². The maximum atomic E-state index is 12.5. The highest BCUT2D eigenvalue weighted by molar-refractivity contribution is 7.10. The summed E-state index contributed by atoms with van der Waals surface area (Å²) in [5, 5.41) is 5.14. The molecule has 0 saturated heterocycles. The second-order valence-electron chi connectivity index (χ2n) is 6.32. The maximum Gasteiger partial charge on any atom is 0.272 e. The van der Waals surface area contributed by atoms with Gasteiger partial charge in [0.2, 0.25) is 5.91 Å². The van der Waals surface area contributed by atoms with Crippen LogP contribution in [0.2, 0.25) is 0 Å². The van der Waals surface area contributed by atoms with E-state index in [2.05, 4.69) is 23.3 Å². The van der Waals surface area contributed by atoms with Crippen LogP contribution in [0.3, 0.4) is 0 Å². The van der Waals surface area contributed by atoms with E-state index >= 15 is 0 Å². The number of nitrogens with zero attached hydrogens (tertiary/aromatic N) is 2. The van der Waals surface area contributed by atoms with Crippen molar-refractivity contribution in [2.45, 2.75) is 45.7 Å². The molecule has 1 unspecified atom stereocenters. The summed E-state index contributed by atoms with van der Waals surface area (Å²) in [4.78, 5) is 30.5. The van der Waals surface area contributed by atoms with Crippen LogP contribution in [0.4, 0.5) is 0 Å². The average Bonchev–Trinajstić information content (AvgIpc) is 3.16. The van der Waals surface area contributed by atoms with E-state index in [0.29, 0.717) is 12.2 Å². The molecule has 0 fully saturated rings. The van der Waals surface area contributed by atoms with Gasteiger partial charge in [-0.1, -0.05) is 31.5 Å². The molecule has 0 bridgehead atoms. The minimum absolute atomic E-state index is 0.0395. The molecular weight excluding hydrogens is 346 g/mol. The van der Waals surface area contributed by atoms with Gasteiger partial charge in [-0.15, -0.1) is 11.3 Å². The number of hydrogen-bond donors (Lipinski definition) is 1. The molecule has 1 atom stereocenters. The lowest BCUT2D eigenvalue weighted by molar-refractivity contribution is -0.122. The van der Waals surface area contributed by atoms with Gasteiger partial charge in [-0.25, -0.2) is 4.98 Å². The molecule has 0 saturated carbocycles. The van der Waals surface area contributed by atoms with Gasteiger partial charge >= 0.3 is 0 Å². The summed E-state index contributed by atoms with van der Waals surface area (Å²) in [6.07, 6.45) is 2.17. The molecule has 1 amide bonds. The Morgan fingerprint density at radius 1 is 1.27 bits per heavy atom. The van der Waals surface area contributed by atoms with E-state index in [4.69, 9.17) is 0 Å². The van der Waals surface area contributed by atoms with E-state index in [1.807, 2.05) is 35.7 Å². The summed E-state index contributed by atoms with van der Waals surface area (Å²) in [7, 11) is 0. The minimum atomic E-state index is -0.139. The topological polar surface area (TPSA) is 64.0 Å². The number of aryl methyl sites for hydroxylation is 2. The fourth-order valence-corrected chi connectivity index (χ4v) is 3.90. The van der Waals surface area contributed by atoms with Gasteiger partial charge in [0.25, 0.3) is 5.56 Å². The van der Waals surface area contributed by atoms with E-state index in [1.54, 1.807) is 22.8 Å². The third kappa shape index (κ3) is 4.02. The molecule has 2 aromatic heterocycles. The van der Waals surface area contributed by atoms with E-state index in [0.717, 1.165) is 23.9 Å². The summed E-state index contributed by atoms with van der Waals surface area (Å²) in [5.74, 6) is -0.0395. The molecule has 26 heavy (non-hydrogen) atoms. The van der Waals surface area contributed by atoms with Gasteiger partial charge in [-0.3, -0.25) is 9.59 Å². The van der Waals surface area contributed by atoms with Crippen LogP contribution in [0.15, 0.2) is 46.6 Å². The van der Waals surface area contributed by atoms with Crippen molar-refractivity contribution in [3.8, 4) is 0 Å². The second kappa shape index (κ2) is 8.27. The SMILES string of the molecule is CCCC(NC(=O)CCn1c(=O)c(C)nc2ccccc21)c1cccs1. The normalized spacial score (nSPS) is 12.2. The Morgan fingerprint density at radius 2 is 2.08 bits per heavy atom. The molecule has 0 aliphatic carbocycles. The molecular formula is C20H23N3O2S. The van der Waals surface area contributed by atoms with Crippen molar-refractivity contribution in [2.24, 2.45) is 0 Å². The number of fused-ring (bicyclic) bond motifs is 1. The van der Waals surface area contributed by atoms with Gasteiger partial charge in [0.15, 0.2) is 0 Å². The molecule has 3 rings (SSSR count). The molecule has 0 radical (unpaired) electrons. The highest BCUT2D eigenvalue weighted by Crippen LogP contribution is 2.23. The number of para-hydroxylation sites is 2. The van der Waals surface area contributed by atoms with E-state index in [9.17, 15) is 9.59 Å². The molecule has 3 aromatic rings. The van der Waals surface area contributed by atoms with Crippen LogP contribution in [-0.2, 0) is 11.3 Å². The molecule has 2 heterocycles. The highest BCUT2D eigenvalue weighted by atomic mass is 32.1. The second-order valence-corrected chi connectivity index (χ2v) is 7.30. The Hall–Kier alpha value is -2.47. The predicted octanol–water partition coefficient (Wildman–Crippen LogP) is 3.81. The molecule has 5 nitrogen and oxygen atoms in total. The summed E-state index contributed by atoms with van der Waals surface area (Å²) >= 11 is 1.66. The molecule has 0 aliphatic rings. The first-order valence-corrected chi connectivity index (χ1v) is 9.77. The fraction of sp³-hybridized carbons (Fsp3) is 0.350. The number of amides is 1. The van der Waals surface area contributed by atoms with Gasteiger partial charge in [0.1, 0.15) is 5.69 Å². The van der Waals surface area contributed by atoms with Crippen LogP contribution >= 0.6 is 11.3 Å². The smallest absolute Gasteiger partial charge is 0.272 e. The van der Waals surface area contributed by atoms with Gasteiger partial charge in [0.05, 0.1) is 17.1 Å². The van der Waals surface area contributed by atoms with E-state index in [1.165, 1.54) is 4.88 Å². The van der Waals surface area contributed by atoms with Crippen molar-refractivity contribution in [3.05, 3.63) is 62.7 Å².